The fourth-order valence-corrected chi connectivity index (χ4v) is 4.39. The first-order chi connectivity index (χ1) is 11.8. The van der Waals surface area contributed by atoms with Gasteiger partial charge in [-0.3, -0.25) is 4.98 Å². The van der Waals surface area contributed by atoms with Crippen LogP contribution in [0.4, 0.5) is 5.69 Å². The Morgan fingerprint density at radius 2 is 1.88 bits per heavy atom. The Balaban J connectivity index is 2.27. The lowest BCUT2D eigenvalue weighted by molar-refractivity contribution is -0.445. The molecule has 0 aliphatic rings. The van der Waals surface area contributed by atoms with Gasteiger partial charge >= 0.3 is 0 Å². The number of rotatable bonds is 4. The molecule has 128 valence electrons. The number of fused-ring (bicyclic) bond motifs is 1. The summed E-state index contributed by atoms with van der Waals surface area (Å²) in [7, 11) is -4.05. The molecule has 10 heteroatoms. The van der Waals surface area contributed by atoms with Crippen molar-refractivity contribution in [2.24, 2.45) is 0 Å². The second kappa shape index (κ2) is 6.47. The van der Waals surface area contributed by atoms with Crippen molar-refractivity contribution in [1.82, 2.24) is 4.98 Å². The Labute approximate surface area is 152 Å². The van der Waals surface area contributed by atoms with E-state index in [0.717, 1.165) is 6.07 Å². The van der Waals surface area contributed by atoms with Crippen molar-refractivity contribution in [2.75, 3.05) is 5.43 Å². The zero-order valence-electron chi connectivity index (χ0n) is 12.3. The molecule has 0 atom stereocenters. The van der Waals surface area contributed by atoms with Gasteiger partial charge in [-0.1, -0.05) is 29.3 Å². The summed E-state index contributed by atoms with van der Waals surface area (Å²) in [4.78, 5) is 14.5. The maximum atomic E-state index is 12.9. The molecule has 1 aromatic heterocycles. The number of anilines is 1. The van der Waals surface area contributed by atoms with Gasteiger partial charge in [0.2, 0.25) is 9.84 Å². The van der Waals surface area contributed by atoms with Crippen molar-refractivity contribution < 1.29 is 13.5 Å². The molecule has 25 heavy (non-hydrogen) atoms. The lowest BCUT2D eigenvalue weighted by Crippen LogP contribution is -2.10. The molecule has 0 aliphatic heterocycles. The summed E-state index contributed by atoms with van der Waals surface area (Å²) in [6.45, 7) is 0. The van der Waals surface area contributed by atoms with Gasteiger partial charge in [0.15, 0.2) is 5.03 Å². The molecule has 1 heterocycles. The Morgan fingerprint density at radius 3 is 2.60 bits per heavy atom. The third kappa shape index (κ3) is 3.37. The molecule has 0 saturated heterocycles. The minimum absolute atomic E-state index is 0.000492. The smallest absolute Gasteiger partial charge is 0.208 e. The number of aromatic nitrogens is 1. The zero-order valence-corrected chi connectivity index (χ0v) is 14.6. The van der Waals surface area contributed by atoms with Crippen LogP contribution in [0.15, 0.2) is 58.5 Å². The molecule has 0 amide bonds. The summed E-state index contributed by atoms with van der Waals surface area (Å²) in [5.41, 5.74) is 2.21. The molecule has 3 aromatic rings. The van der Waals surface area contributed by atoms with Crippen molar-refractivity contribution in [3.8, 4) is 0 Å². The van der Waals surface area contributed by atoms with E-state index in [2.05, 4.69) is 4.98 Å². The van der Waals surface area contributed by atoms with Gasteiger partial charge in [0.05, 0.1) is 20.3 Å². The van der Waals surface area contributed by atoms with Gasteiger partial charge in [0.1, 0.15) is 5.69 Å². The monoisotopic (exact) mass is 397 g/mol. The Morgan fingerprint density at radius 1 is 1.12 bits per heavy atom. The number of nitrogens with zero attached hydrogens (tertiary/aromatic N) is 2. The van der Waals surface area contributed by atoms with Crippen LogP contribution in [0.25, 0.3) is 10.9 Å². The van der Waals surface area contributed by atoms with Gasteiger partial charge < -0.3 is 0 Å². The first-order valence-corrected chi connectivity index (χ1v) is 9.03. The molecule has 2 aromatic carbocycles. The second-order valence-corrected chi connectivity index (χ2v) is 7.75. The topological polar surface area (TPSA) is 102 Å². The van der Waals surface area contributed by atoms with Crippen LogP contribution < -0.4 is 5.43 Å². The van der Waals surface area contributed by atoms with Crippen molar-refractivity contribution in [3.05, 3.63) is 68.8 Å². The van der Waals surface area contributed by atoms with E-state index in [4.69, 9.17) is 23.2 Å². The van der Waals surface area contributed by atoms with Crippen LogP contribution in [0.1, 0.15) is 0 Å². The number of benzene rings is 2. The molecular formula is C15H9Cl2N3O4S. The number of nitro groups is 1. The lowest BCUT2D eigenvalue weighted by Gasteiger charge is -2.10. The minimum Gasteiger partial charge on any atom is -0.254 e. The molecule has 0 spiro atoms. The number of sulfone groups is 1. The number of halogens is 2. The summed E-state index contributed by atoms with van der Waals surface area (Å²) in [5, 5.41) is 10.7. The highest BCUT2D eigenvalue weighted by molar-refractivity contribution is 7.91. The maximum Gasteiger partial charge on any atom is 0.208 e. The van der Waals surface area contributed by atoms with Crippen LogP contribution in [-0.2, 0) is 9.84 Å². The summed E-state index contributed by atoms with van der Waals surface area (Å²) >= 11 is 11.9. The van der Waals surface area contributed by atoms with Gasteiger partial charge in [-0.25, -0.2) is 18.5 Å². The SMILES string of the molecule is O=[N+]([O-])Nc1cc(S(=O)(=O)c2cc(Cl)ccc2Cl)cc2cccnc12. The van der Waals surface area contributed by atoms with E-state index in [-0.39, 0.29) is 31.0 Å². The highest BCUT2D eigenvalue weighted by Gasteiger charge is 2.24. The first-order valence-electron chi connectivity index (χ1n) is 6.79. The minimum atomic E-state index is -4.05. The van der Waals surface area contributed by atoms with E-state index < -0.39 is 14.9 Å². The summed E-state index contributed by atoms with van der Waals surface area (Å²) in [6, 6.07) is 9.79. The average Bonchev–Trinajstić information content (AvgIpc) is 2.56. The molecule has 3 rings (SSSR count). The molecule has 1 N–H and O–H groups in total. The van der Waals surface area contributed by atoms with Gasteiger partial charge in [0.25, 0.3) is 0 Å². The van der Waals surface area contributed by atoms with Crippen LogP contribution in [0.2, 0.25) is 10.0 Å². The van der Waals surface area contributed by atoms with E-state index >= 15 is 0 Å². The zero-order chi connectivity index (χ0) is 18.2. The number of nitrogens with one attached hydrogen (secondary N) is 1. The molecule has 0 bridgehead atoms. The largest absolute Gasteiger partial charge is 0.254 e. The fraction of sp³-hybridized carbons (Fsp3) is 0. The molecule has 0 fully saturated rings. The number of hydrogen-bond acceptors (Lipinski definition) is 5. The van der Waals surface area contributed by atoms with Gasteiger partial charge in [0, 0.05) is 16.6 Å². The molecular weight excluding hydrogens is 389 g/mol. The molecule has 0 aliphatic carbocycles. The van der Waals surface area contributed by atoms with E-state index in [1.54, 1.807) is 12.1 Å². The number of hydrogen-bond donors (Lipinski definition) is 1. The first kappa shape index (κ1) is 17.4. The predicted molar refractivity (Wildman–Crippen MR) is 94.3 cm³/mol. The highest BCUT2D eigenvalue weighted by Crippen LogP contribution is 2.33. The third-order valence-corrected chi connectivity index (χ3v) is 5.83. The number of hydrazine groups is 1. The normalized spacial score (nSPS) is 11.4. The van der Waals surface area contributed by atoms with Crippen LogP contribution in [0, 0.1) is 10.1 Å². The van der Waals surface area contributed by atoms with Crippen LogP contribution in [0.3, 0.4) is 0 Å². The Hall–Kier alpha value is -2.42. The molecule has 0 saturated carbocycles. The van der Waals surface area contributed by atoms with E-state index in [9.17, 15) is 18.5 Å². The fourth-order valence-electron chi connectivity index (χ4n) is 2.31. The maximum absolute atomic E-state index is 12.9. The predicted octanol–water partition coefficient (Wildman–Crippen LogP) is 3.98. The van der Waals surface area contributed by atoms with Crippen molar-refractivity contribution in [3.63, 3.8) is 0 Å². The quantitative estimate of drug-likeness (QED) is 0.527. The van der Waals surface area contributed by atoms with Crippen molar-refractivity contribution in [2.45, 2.75) is 9.79 Å². The highest BCUT2D eigenvalue weighted by atomic mass is 35.5. The summed E-state index contributed by atoms with van der Waals surface area (Å²) in [5.74, 6) is 0. The van der Waals surface area contributed by atoms with Crippen LogP contribution in [-0.4, -0.2) is 18.4 Å². The third-order valence-electron chi connectivity index (χ3n) is 3.38. The van der Waals surface area contributed by atoms with Gasteiger partial charge in [-0.2, -0.15) is 0 Å². The van der Waals surface area contributed by atoms with Crippen molar-refractivity contribution in [1.29, 1.82) is 0 Å². The van der Waals surface area contributed by atoms with Crippen molar-refractivity contribution >= 4 is 49.6 Å². The molecule has 0 unspecified atom stereocenters. The van der Waals surface area contributed by atoms with Gasteiger partial charge in [-0.05, 0) is 36.4 Å². The Bertz CT molecular complexity index is 1100. The van der Waals surface area contributed by atoms with E-state index in [1.165, 1.54) is 30.5 Å². The lowest BCUT2D eigenvalue weighted by atomic mass is 10.2. The van der Waals surface area contributed by atoms with Crippen LogP contribution in [0.5, 0.6) is 0 Å². The Kier molecular flexibility index (Phi) is 4.51. The second-order valence-electron chi connectivity index (χ2n) is 4.99. The van der Waals surface area contributed by atoms with E-state index in [1.807, 2.05) is 5.43 Å². The molecule has 7 nitrogen and oxygen atoms in total. The average molecular weight is 398 g/mol. The van der Waals surface area contributed by atoms with E-state index in [0.29, 0.717) is 5.39 Å². The number of pyridine rings is 1. The van der Waals surface area contributed by atoms with Gasteiger partial charge in [-0.15, -0.1) is 5.43 Å². The van der Waals surface area contributed by atoms with Crippen LogP contribution >= 0.6 is 23.2 Å². The molecule has 0 radical (unpaired) electrons. The summed E-state index contributed by atoms with van der Waals surface area (Å²) in [6.07, 6.45) is 1.45. The summed E-state index contributed by atoms with van der Waals surface area (Å²) < 4.78 is 25.9. The standard InChI is InChI=1S/C15H9Cl2N3O4S/c16-10-3-4-12(17)14(7-10)25(23,24)11-6-9-2-1-5-18-15(9)13(8-11)19-20(21)22/h1-8,19H.